The average Bonchev–Trinajstić information content (AvgIpc) is 2.93. The van der Waals surface area contributed by atoms with E-state index in [0.717, 1.165) is 18.3 Å². The lowest BCUT2D eigenvalue weighted by atomic mass is 10.2. The summed E-state index contributed by atoms with van der Waals surface area (Å²) < 4.78 is 65.3. The topological polar surface area (TPSA) is 42.2 Å². The summed E-state index contributed by atoms with van der Waals surface area (Å²) in [5, 5.41) is 2.76. The molecule has 0 amide bonds. The standard InChI is InChI=1S/C14H9F5N4/c15-9-2-1-8(5-10(9)16)6-21-12-13-22-11(14(17,18)19)7-23(13)4-3-20-12/h1-5,7H,6H2,(H,20,21). The molecule has 0 aliphatic carbocycles. The van der Waals surface area contributed by atoms with Gasteiger partial charge >= 0.3 is 6.18 Å². The summed E-state index contributed by atoms with van der Waals surface area (Å²) in [7, 11) is 0. The van der Waals surface area contributed by atoms with Crippen LogP contribution in [0.15, 0.2) is 36.8 Å². The fourth-order valence-corrected chi connectivity index (χ4v) is 2.02. The molecule has 0 bridgehead atoms. The van der Waals surface area contributed by atoms with Crippen LogP contribution in [0.5, 0.6) is 0 Å². The summed E-state index contributed by atoms with van der Waals surface area (Å²) in [6, 6.07) is 3.32. The molecule has 0 spiro atoms. The number of alkyl halides is 3. The monoisotopic (exact) mass is 328 g/mol. The molecule has 3 rings (SSSR count). The third-order valence-corrected chi connectivity index (χ3v) is 3.11. The van der Waals surface area contributed by atoms with E-state index in [1.165, 1.54) is 22.9 Å². The van der Waals surface area contributed by atoms with Gasteiger partial charge in [-0.15, -0.1) is 0 Å². The highest BCUT2D eigenvalue weighted by atomic mass is 19.4. The van der Waals surface area contributed by atoms with Crippen molar-refractivity contribution in [2.24, 2.45) is 0 Å². The van der Waals surface area contributed by atoms with Crippen LogP contribution >= 0.6 is 0 Å². The molecule has 3 aromatic rings. The zero-order chi connectivity index (χ0) is 16.6. The van der Waals surface area contributed by atoms with Gasteiger partial charge in [-0.3, -0.25) is 0 Å². The van der Waals surface area contributed by atoms with Gasteiger partial charge in [0.2, 0.25) is 0 Å². The molecule has 120 valence electrons. The molecule has 0 unspecified atom stereocenters. The minimum Gasteiger partial charge on any atom is -0.363 e. The molecule has 4 nitrogen and oxygen atoms in total. The molecular weight excluding hydrogens is 319 g/mol. The predicted octanol–water partition coefficient (Wildman–Crippen LogP) is 3.64. The van der Waals surface area contributed by atoms with E-state index in [-0.39, 0.29) is 18.0 Å². The van der Waals surface area contributed by atoms with Crippen molar-refractivity contribution in [3.8, 4) is 0 Å². The molecule has 0 radical (unpaired) electrons. The summed E-state index contributed by atoms with van der Waals surface area (Å²) >= 11 is 0. The second kappa shape index (κ2) is 5.49. The second-order valence-corrected chi connectivity index (χ2v) is 4.73. The Morgan fingerprint density at radius 3 is 2.61 bits per heavy atom. The highest BCUT2D eigenvalue weighted by Gasteiger charge is 2.34. The molecule has 0 saturated carbocycles. The summed E-state index contributed by atoms with van der Waals surface area (Å²) in [6.07, 6.45) is -1.08. The van der Waals surface area contributed by atoms with E-state index in [0.29, 0.717) is 5.56 Å². The lowest BCUT2D eigenvalue weighted by molar-refractivity contribution is -0.140. The van der Waals surface area contributed by atoms with Crippen molar-refractivity contribution in [2.45, 2.75) is 12.7 Å². The van der Waals surface area contributed by atoms with Crippen molar-refractivity contribution in [2.75, 3.05) is 5.32 Å². The molecule has 1 aromatic carbocycles. The third-order valence-electron chi connectivity index (χ3n) is 3.11. The Labute approximate surface area is 126 Å². The SMILES string of the molecule is Fc1ccc(CNc2nccn3cc(C(F)(F)F)nc23)cc1F. The number of hydrogen-bond acceptors (Lipinski definition) is 3. The maximum atomic E-state index is 13.1. The zero-order valence-corrected chi connectivity index (χ0v) is 11.4. The average molecular weight is 328 g/mol. The number of hydrogen-bond donors (Lipinski definition) is 1. The van der Waals surface area contributed by atoms with E-state index in [9.17, 15) is 22.0 Å². The first kappa shape index (κ1) is 15.2. The minimum atomic E-state index is -4.57. The van der Waals surface area contributed by atoms with Gasteiger partial charge in [-0.2, -0.15) is 13.2 Å². The lowest BCUT2D eigenvalue weighted by Crippen LogP contribution is -2.05. The summed E-state index contributed by atoms with van der Waals surface area (Å²) in [4.78, 5) is 7.43. The van der Waals surface area contributed by atoms with E-state index < -0.39 is 23.5 Å². The van der Waals surface area contributed by atoms with Gasteiger partial charge in [0.05, 0.1) is 0 Å². The van der Waals surface area contributed by atoms with Crippen LogP contribution in [-0.4, -0.2) is 14.4 Å². The number of aromatic nitrogens is 3. The van der Waals surface area contributed by atoms with Crippen LogP contribution < -0.4 is 5.32 Å². The number of rotatable bonds is 3. The van der Waals surface area contributed by atoms with Crippen molar-refractivity contribution >= 4 is 11.5 Å². The van der Waals surface area contributed by atoms with Crippen LogP contribution in [0.3, 0.4) is 0 Å². The Morgan fingerprint density at radius 1 is 1.13 bits per heavy atom. The normalized spacial score (nSPS) is 11.9. The van der Waals surface area contributed by atoms with Gasteiger partial charge in [-0.25, -0.2) is 18.7 Å². The Balaban J connectivity index is 1.87. The van der Waals surface area contributed by atoms with Crippen molar-refractivity contribution in [3.63, 3.8) is 0 Å². The van der Waals surface area contributed by atoms with Crippen LogP contribution in [0, 0.1) is 11.6 Å². The fourth-order valence-electron chi connectivity index (χ4n) is 2.02. The van der Waals surface area contributed by atoms with Gasteiger partial charge in [-0.1, -0.05) is 6.07 Å². The Hall–Kier alpha value is -2.71. The number of anilines is 1. The Morgan fingerprint density at radius 2 is 1.91 bits per heavy atom. The van der Waals surface area contributed by atoms with Gasteiger partial charge in [0.1, 0.15) is 0 Å². The summed E-state index contributed by atoms with van der Waals surface area (Å²) in [6.45, 7) is 0.0537. The van der Waals surface area contributed by atoms with E-state index >= 15 is 0 Å². The molecule has 2 aromatic heterocycles. The van der Waals surface area contributed by atoms with E-state index in [1.807, 2.05) is 0 Å². The number of fused-ring (bicyclic) bond motifs is 1. The maximum absolute atomic E-state index is 13.1. The molecule has 0 fully saturated rings. The van der Waals surface area contributed by atoms with Gasteiger partial charge in [0.15, 0.2) is 28.8 Å². The van der Waals surface area contributed by atoms with Gasteiger partial charge in [-0.05, 0) is 17.7 Å². The Bertz CT molecular complexity index is 856. The summed E-state index contributed by atoms with van der Waals surface area (Å²) in [5.74, 6) is -1.87. The highest BCUT2D eigenvalue weighted by molar-refractivity contribution is 5.63. The molecule has 23 heavy (non-hydrogen) atoms. The minimum absolute atomic E-state index is 0.0117. The number of nitrogens with zero attached hydrogens (tertiary/aromatic N) is 3. The molecule has 1 N–H and O–H groups in total. The molecule has 0 atom stereocenters. The number of benzene rings is 1. The first-order valence-electron chi connectivity index (χ1n) is 6.43. The molecule has 2 heterocycles. The van der Waals surface area contributed by atoms with Gasteiger partial charge in [0, 0.05) is 25.1 Å². The van der Waals surface area contributed by atoms with E-state index in [1.54, 1.807) is 0 Å². The van der Waals surface area contributed by atoms with Crippen molar-refractivity contribution < 1.29 is 22.0 Å². The van der Waals surface area contributed by atoms with Crippen LogP contribution in [0.2, 0.25) is 0 Å². The number of halogens is 5. The molecular formula is C14H9F5N4. The number of imidazole rings is 1. The lowest BCUT2D eigenvalue weighted by Gasteiger charge is -2.07. The van der Waals surface area contributed by atoms with Crippen LogP contribution in [0.25, 0.3) is 5.65 Å². The molecule has 9 heteroatoms. The largest absolute Gasteiger partial charge is 0.434 e. The quantitative estimate of drug-likeness (QED) is 0.747. The van der Waals surface area contributed by atoms with Crippen molar-refractivity contribution in [3.05, 3.63) is 59.7 Å². The summed E-state index contributed by atoms with van der Waals surface area (Å²) in [5.41, 5.74) is -0.640. The smallest absolute Gasteiger partial charge is 0.363 e. The first-order valence-corrected chi connectivity index (χ1v) is 6.43. The van der Waals surface area contributed by atoms with Crippen LogP contribution in [0.4, 0.5) is 27.8 Å². The van der Waals surface area contributed by atoms with Crippen LogP contribution in [0.1, 0.15) is 11.3 Å². The van der Waals surface area contributed by atoms with E-state index in [2.05, 4.69) is 15.3 Å². The predicted molar refractivity (Wildman–Crippen MR) is 71.7 cm³/mol. The van der Waals surface area contributed by atoms with Crippen molar-refractivity contribution in [1.82, 2.24) is 14.4 Å². The number of nitrogens with one attached hydrogen (secondary N) is 1. The van der Waals surface area contributed by atoms with Gasteiger partial charge in [0.25, 0.3) is 0 Å². The van der Waals surface area contributed by atoms with E-state index in [4.69, 9.17) is 0 Å². The van der Waals surface area contributed by atoms with Crippen LogP contribution in [-0.2, 0) is 12.7 Å². The maximum Gasteiger partial charge on any atom is 0.434 e. The molecule has 0 aliphatic heterocycles. The molecule has 0 saturated heterocycles. The van der Waals surface area contributed by atoms with Gasteiger partial charge < -0.3 is 9.72 Å². The first-order chi connectivity index (χ1) is 10.8. The van der Waals surface area contributed by atoms with Crippen molar-refractivity contribution in [1.29, 1.82) is 0 Å². The highest BCUT2D eigenvalue weighted by Crippen LogP contribution is 2.29. The second-order valence-electron chi connectivity index (χ2n) is 4.73. The Kier molecular flexibility index (Phi) is 3.63. The third kappa shape index (κ3) is 3.08. The fraction of sp³-hybridized carbons (Fsp3) is 0.143. The molecule has 0 aliphatic rings. The zero-order valence-electron chi connectivity index (χ0n) is 11.4.